The van der Waals surface area contributed by atoms with Gasteiger partial charge in [-0.05, 0) is 0 Å². The van der Waals surface area contributed by atoms with E-state index in [0.29, 0.717) is 0 Å². The van der Waals surface area contributed by atoms with Crippen molar-refractivity contribution in [1.29, 1.82) is 0 Å². The minimum Gasteiger partial charge on any atom is -0.312 e. The third kappa shape index (κ3) is 4.65. The van der Waals surface area contributed by atoms with Gasteiger partial charge in [0.15, 0.2) is 0 Å². The van der Waals surface area contributed by atoms with Crippen LogP contribution in [0.1, 0.15) is 0 Å². The fourth-order valence-corrected chi connectivity index (χ4v) is 1.52. The van der Waals surface area contributed by atoms with Gasteiger partial charge in [-0.2, -0.15) is 0 Å². The van der Waals surface area contributed by atoms with Gasteiger partial charge in [-0.3, -0.25) is 4.98 Å². The average Bonchev–Trinajstić information content (AvgIpc) is 2.19. The van der Waals surface area contributed by atoms with Gasteiger partial charge in [0.1, 0.15) is 5.03 Å². The van der Waals surface area contributed by atoms with E-state index in [1.54, 1.807) is 30.4 Å². The lowest BCUT2D eigenvalue weighted by molar-refractivity contribution is 0.806. The number of aromatic nitrogens is 2. The summed E-state index contributed by atoms with van der Waals surface area (Å²) in [6.45, 7) is 5.45. The molecule has 1 aromatic heterocycles. The topological polar surface area (TPSA) is 37.8 Å². The Hall–Kier alpha value is -0.870. The number of hydrogen-bond donors (Lipinski definition) is 1. The minimum absolute atomic E-state index is 0.862. The average molecular weight is 195 g/mol. The molecule has 70 valence electrons. The number of rotatable bonds is 6. The minimum atomic E-state index is 0.862. The van der Waals surface area contributed by atoms with Crippen LogP contribution in [0.15, 0.2) is 36.3 Å². The van der Waals surface area contributed by atoms with Crippen molar-refractivity contribution < 1.29 is 0 Å². The van der Waals surface area contributed by atoms with Crippen molar-refractivity contribution >= 4 is 11.8 Å². The number of nitrogens with one attached hydrogen (secondary N) is 1. The molecule has 0 atom stereocenters. The summed E-state index contributed by atoms with van der Waals surface area (Å²) < 4.78 is 0. The maximum Gasteiger partial charge on any atom is 0.114 e. The van der Waals surface area contributed by atoms with Crippen LogP contribution in [0.5, 0.6) is 0 Å². The number of thioether (sulfide) groups is 1. The quantitative estimate of drug-likeness (QED) is 0.422. The molecule has 0 saturated heterocycles. The molecular formula is C9H13N3S. The van der Waals surface area contributed by atoms with E-state index in [1.807, 2.05) is 6.08 Å². The lowest BCUT2D eigenvalue weighted by Gasteiger charge is -2.00. The molecule has 0 aliphatic heterocycles. The number of hydrogen-bond acceptors (Lipinski definition) is 4. The van der Waals surface area contributed by atoms with Gasteiger partial charge in [0.25, 0.3) is 0 Å². The van der Waals surface area contributed by atoms with E-state index < -0.39 is 0 Å². The SMILES string of the molecule is C=CCNCCSc1cnccn1. The first kappa shape index (κ1) is 10.2. The summed E-state index contributed by atoms with van der Waals surface area (Å²) in [7, 11) is 0. The highest BCUT2D eigenvalue weighted by molar-refractivity contribution is 7.99. The molecule has 1 heterocycles. The first-order valence-electron chi connectivity index (χ1n) is 4.14. The molecule has 0 amide bonds. The van der Waals surface area contributed by atoms with Gasteiger partial charge >= 0.3 is 0 Å². The molecule has 0 bridgehead atoms. The second-order valence-electron chi connectivity index (χ2n) is 2.38. The summed E-state index contributed by atoms with van der Waals surface area (Å²) in [6.07, 6.45) is 7.02. The van der Waals surface area contributed by atoms with E-state index in [-0.39, 0.29) is 0 Å². The summed E-state index contributed by atoms with van der Waals surface area (Å²) in [5.41, 5.74) is 0. The van der Waals surface area contributed by atoms with Crippen LogP contribution < -0.4 is 5.32 Å². The Kier molecular flexibility index (Phi) is 5.20. The maximum absolute atomic E-state index is 4.15. The van der Waals surface area contributed by atoms with Crippen molar-refractivity contribution in [3.05, 3.63) is 31.2 Å². The molecule has 1 aromatic rings. The Balaban J connectivity index is 2.10. The monoisotopic (exact) mass is 195 g/mol. The molecule has 0 saturated carbocycles. The summed E-state index contributed by atoms with van der Waals surface area (Å²) in [5, 5.41) is 4.19. The van der Waals surface area contributed by atoms with Crippen LogP contribution in [0.4, 0.5) is 0 Å². The van der Waals surface area contributed by atoms with Gasteiger partial charge < -0.3 is 5.32 Å². The standard InChI is InChI=1S/C9H13N3S/c1-2-3-10-6-7-13-9-8-11-4-5-12-9/h2,4-5,8,10H,1,3,6-7H2. The first-order chi connectivity index (χ1) is 6.43. The molecular weight excluding hydrogens is 182 g/mol. The molecule has 4 heteroatoms. The highest BCUT2D eigenvalue weighted by Crippen LogP contribution is 2.10. The van der Waals surface area contributed by atoms with Crippen LogP contribution in [-0.4, -0.2) is 28.8 Å². The lowest BCUT2D eigenvalue weighted by atomic mass is 10.6. The number of nitrogens with zero attached hydrogens (tertiary/aromatic N) is 2. The largest absolute Gasteiger partial charge is 0.312 e. The van der Waals surface area contributed by atoms with Gasteiger partial charge in [-0.15, -0.1) is 18.3 Å². The predicted molar refractivity (Wildman–Crippen MR) is 55.8 cm³/mol. The molecule has 0 aromatic carbocycles. The Morgan fingerprint density at radius 3 is 3.15 bits per heavy atom. The lowest BCUT2D eigenvalue weighted by Crippen LogP contribution is -2.16. The van der Waals surface area contributed by atoms with Crippen LogP contribution in [0.2, 0.25) is 0 Å². The van der Waals surface area contributed by atoms with Gasteiger partial charge in [0, 0.05) is 31.2 Å². The molecule has 0 unspecified atom stereocenters. The highest BCUT2D eigenvalue weighted by Gasteiger charge is 1.92. The van der Waals surface area contributed by atoms with Crippen LogP contribution in [-0.2, 0) is 0 Å². The smallest absolute Gasteiger partial charge is 0.114 e. The third-order valence-corrected chi connectivity index (χ3v) is 2.27. The van der Waals surface area contributed by atoms with E-state index in [9.17, 15) is 0 Å². The summed E-state index contributed by atoms with van der Waals surface area (Å²) >= 11 is 1.70. The maximum atomic E-state index is 4.15. The summed E-state index contributed by atoms with van der Waals surface area (Å²) in [6, 6.07) is 0. The van der Waals surface area contributed by atoms with Gasteiger partial charge in [-0.1, -0.05) is 6.08 Å². The Morgan fingerprint density at radius 2 is 2.46 bits per heavy atom. The highest BCUT2D eigenvalue weighted by atomic mass is 32.2. The molecule has 0 aliphatic carbocycles. The Bertz CT molecular complexity index is 238. The van der Waals surface area contributed by atoms with Gasteiger partial charge in [0.2, 0.25) is 0 Å². The van der Waals surface area contributed by atoms with Crippen molar-refractivity contribution in [2.75, 3.05) is 18.8 Å². The van der Waals surface area contributed by atoms with Gasteiger partial charge in [0.05, 0.1) is 6.20 Å². The molecule has 3 nitrogen and oxygen atoms in total. The zero-order valence-electron chi connectivity index (χ0n) is 7.44. The van der Waals surface area contributed by atoms with Crippen LogP contribution in [0, 0.1) is 0 Å². The molecule has 13 heavy (non-hydrogen) atoms. The molecule has 0 radical (unpaired) electrons. The Labute approximate surface area is 82.7 Å². The zero-order valence-corrected chi connectivity index (χ0v) is 8.26. The molecule has 0 spiro atoms. The van der Waals surface area contributed by atoms with Crippen LogP contribution in [0.25, 0.3) is 0 Å². The molecule has 0 fully saturated rings. The van der Waals surface area contributed by atoms with E-state index in [4.69, 9.17) is 0 Å². The second kappa shape index (κ2) is 6.62. The van der Waals surface area contributed by atoms with Crippen molar-refractivity contribution in [2.45, 2.75) is 5.03 Å². The molecule has 1 rings (SSSR count). The molecule has 0 aliphatic rings. The third-order valence-electron chi connectivity index (χ3n) is 1.36. The normalized spacial score (nSPS) is 9.85. The summed E-state index contributed by atoms with van der Waals surface area (Å²) in [4.78, 5) is 8.13. The van der Waals surface area contributed by atoms with E-state index in [1.165, 1.54) is 0 Å². The zero-order chi connectivity index (χ0) is 9.36. The van der Waals surface area contributed by atoms with E-state index in [0.717, 1.165) is 23.9 Å². The van der Waals surface area contributed by atoms with E-state index >= 15 is 0 Å². The van der Waals surface area contributed by atoms with Crippen LogP contribution in [0.3, 0.4) is 0 Å². The van der Waals surface area contributed by atoms with Crippen LogP contribution >= 0.6 is 11.8 Å². The fourth-order valence-electron chi connectivity index (χ4n) is 0.792. The fraction of sp³-hybridized carbons (Fsp3) is 0.333. The summed E-state index contributed by atoms with van der Waals surface area (Å²) in [5.74, 6) is 1.01. The van der Waals surface area contributed by atoms with Crippen molar-refractivity contribution in [3.63, 3.8) is 0 Å². The predicted octanol–water partition coefficient (Wildman–Crippen LogP) is 1.34. The Morgan fingerprint density at radius 1 is 1.54 bits per heavy atom. The van der Waals surface area contributed by atoms with Crippen molar-refractivity contribution in [1.82, 2.24) is 15.3 Å². The van der Waals surface area contributed by atoms with E-state index in [2.05, 4.69) is 21.9 Å². The second-order valence-corrected chi connectivity index (χ2v) is 3.50. The first-order valence-corrected chi connectivity index (χ1v) is 5.12. The van der Waals surface area contributed by atoms with Crippen molar-refractivity contribution in [2.24, 2.45) is 0 Å². The molecule has 1 N–H and O–H groups in total. The van der Waals surface area contributed by atoms with Gasteiger partial charge in [-0.25, -0.2) is 4.98 Å². The van der Waals surface area contributed by atoms with Crippen molar-refractivity contribution in [3.8, 4) is 0 Å².